The molecule has 0 saturated carbocycles. The van der Waals surface area contributed by atoms with E-state index in [1.807, 2.05) is 56.3 Å². The third-order valence-electron chi connectivity index (χ3n) is 3.73. The van der Waals surface area contributed by atoms with E-state index in [0.29, 0.717) is 0 Å². The molecule has 0 aliphatic heterocycles. The van der Waals surface area contributed by atoms with Gasteiger partial charge in [0.05, 0.1) is 0 Å². The number of carbonyl (C=O) groups excluding carboxylic acids is 1. The molecule has 114 valence electrons. The molecule has 0 aliphatic carbocycles. The van der Waals surface area contributed by atoms with E-state index in [0.717, 1.165) is 27.8 Å². The number of rotatable bonds is 3. The third-order valence-corrected chi connectivity index (χ3v) is 3.73. The van der Waals surface area contributed by atoms with E-state index >= 15 is 0 Å². The van der Waals surface area contributed by atoms with Crippen LogP contribution >= 0.6 is 0 Å². The van der Waals surface area contributed by atoms with Gasteiger partial charge in [0.1, 0.15) is 0 Å². The Bertz CT molecular complexity index is 868. The van der Waals surface area contributed by atoms with Crippen LogP contribution in [-0.4, -0.2) is 5.91 Å². The molecule has 0 fully saturated rings. The van der Waals surface area contributed by atoms with Gasteiger partial charge in [-0.05, 0) is 59.5 Å². The minimum atomic E-state index is -0.122. The summed E-state index contributed by atoms with van der Waals surface area (Å²) in [6.45, 7) is 4.04. The van der Waals surface area contributed by atoms with Gasteiger partial charge in [-0.25, -0.2) is 0 Å². The highest BCUT2D eigenvalue weighted by Crippen LogP contribution is 2.20. The lowest BCUT2D eigenvalue weighted by molar-refractivity contribution is -0.111. The van der Waals surface area contributed by atoms with Crippen LogP contribution in [0.25, 0.3) is 16.8 Å². The molecule has 23 heavy (non-hydrogen) atoms. The number of amides is 1. The first-order chi connectivity index (χ1) is 11.1. The highest BCUT2D eigenvalue weighted by Gasteiger charge is 2.01. The highest BCUT2D eigenvalue weighted by atomic mass is 16.1. The number of benzene rings is 3. The highest BCUT2D eigenvalue weighted by molar-refractivity contribution is 6.03. The smallest absolute Gasteiger partial charge is 0.248 e. The number of anilines is 1. The monoisotopic (exact) mass is 301 g/mol. The van der Waals surface area contributed by atoms with Crippen LogP contribution in [0.2, 0.25) is 0 Å². The first-order valence-electron chi connectivity index (χ1n) is 7.67. The molecule has 3 aromatic rings. The van der Waals surface area contributed by atoms with Crippen molar-refractivity contribution in [2.24, 2.45) is 0 Å². The molecule has 0 unspecified atom stereocenters. The van der Waals surface area contributed by atoms with Crippen LogP contribution in [0.5, 0.6) is 0 Å². The molecule has 0 saturated heterocycles. The fourth-order valence-electron chi connectivity index (χ4n) is 2.79. The van der Waals surface area contributed by atoms with E-state index in [2.05, 4.69) is 29.6 Å². The number of hydrogen-bond acceptors (Lipinski definition) is 1. The minimum absolute atomic E-state index is 0.122. The van der Waals surface area contributed by atoms with E-state index in [1.54, 1.807) is 6.08 Å². The fraction of sp³-hybridized carbons (Fsp3) is 0.0952. The van der Waals surface area contributed by atoms with Gasteiger partial charge in [-0.15, -0.1) is 0 Å². The van der Waals surface area contributed by atoms with Gasteiger partial charge in [-0.1, -0.05) is 48.5 Å². The lowest BCUT2D eigenvalue weighted by atomic mass is 10.0. The Kier molecular flexibility index (Phi) is 4.24. The summed E-state index contributed by atoms with van der Waals surface area (Å²) < 4.78 is 0. The van der Waals surface area contributed by atoms with E-state index < -0.39 is 0 Å². The van der Waals surface area contributed by atoms with Crippen LogP contribution in [0.3, 0.4) is 0 Å². The maximum Gasteiger partial charge on any atom is 0.248 e. The van der Waals surface area contributed by atoms with Crippen LogP contribution < -0.4 is 5.32 Å². The zero-order valence-electron chi connectivity index (χ0n) is 13.3. The molecule has 0 bridgehead atoms. The second kappa shape index (κ2) is 6.49. The molecule has 0 heterocycles. The maximum atomic E-state index is 12.1. The second-order valence-corrected chi connectivity index (χ2v) is 5.77. The summed E-state index contributed by atoms with van der Waals surface area (Å²) >= 11 is 0. The summed E-state index contributed by atoms with van der Waals surface area (Å²) in [5.41, 5.74) is 4.14. The van der Waals surface area contributed by atoms with Gasteiger partial charge in [0, 0.05) is 11.8 Å². The van der Waals surface area contributed by atoms with Crippen LogP contribution in [0, 0.1) is 13.8 Å². The van der Waals surface area contributed by atoms with Crippen molar-refractivity contribution < 1.29 is 4.79 Å². The van der Waals surface area contributed by atoms with Crippen molar-refractivity contribution in [3.8, 4) is 0 Å². The molecule has 2 nitrogen and oxygen atoms in total. The predicted octanol–water partition coefficient (Wildman–Crippen LogP) is 5.11. The average Bonchev–Trinajstić information content (AvgIpc) is 2.52. The summed E-state index contributed by atoms with van der Waals surface area (Å²) in [4.78, 5) is 12.1. The summed E-state index contributed by atoms with van der Waals surface area (Å²) in [6.07, 6.45) is 3.44. The summed E-state index contributed by atoms with van der Waals surface area (Å²) in [5, 5.41) is 5.23. The number of carbonyl (C=O) groups is 1. The summed E-state index contributed by atoms with van der Waals surface area (Å²) in [5.74, 6) is -0.122. The predicted molar refractivity (Wildman–Crippen MR) is 97.5 cm³/mol. The second-order valence-electron chi connectivity index (χ2n) is 5.77. The fourth-order valence-corrected chi connectivity index (χ4v) is 2.79. The molecule has 3 rings (SSSR count). The Morgan fingerprint density at radius 3 is 2.39 bits per heavy atom. The van der Waals surface area contributed by atoms with Gasteiger partial charge < -0.3 is 5.32 Å². The molecule has 0 radical (unpaired) electrons. The van der Waals surface area contributed by atoms with E-state index in [9.17, 15) is 4.79 Å². The normalized spacial score (nSPS) is 11.0. The number of aryl methyl sites for hydroxylation is 2. The molecule has 0 aromatic heterocycles. The van der Waals surface area contributed by atoms with E-state index in [-0.39, 0.29) is 5.91 Å². The number of nitrogens with one attached hydrogen (secondary N) is 1. The van der Waals surface area contributed by atoms with Crippen LogP contribution in [0.4, 0.5) is 5.69 Å². The van der Waals surface area contributed by atoms with Crippen LogP contribution in [-0.2, 0) is 4.79 Å². The molecular formula is C21H19NO. The molecule has 2 heteroatoms. The van der Waals surface area contributed by atoms with Gasteiger partial charge in [-0.3, -0.25) is 4.79 Å². The van der Waals surface area contributed by atoms with Gasteiger partial charge in [-0.2, -0.15) is 0 Å². The van der Waals surface area contributed by atoms with Gasteiger partial charge in [0.25, 0.3) is 0 Å². The van der Waals surface area contributed by atoms with Gasteiger partial charge in [0.15, 0.2) is 0 Å². The Balaban J connectivity index is 1.80. The SMILES string of the molecule is Cc1cc(C)cc(NC(=O)C=Cc2cccc3ccccc23)c1. The van der Waals surface area contributed by atoms with Crippen molar-refractivity contribution in [3.05, 3.63) is 83.4 Å². The minimum Gasteiger partial charge on any atom is -0.322 e. The van der Waals surface area contributed by atoms with E-state index in [4.69, 9.17) is 0 Å². The quantitative estimate of drug-likeness (QED) is 0.669. The van der Waals surface area contributed by atoms with Crippen molar-refractivity contribution >= 4 is 28.4 Å². The van der Waals surface area contributed by atoms with Crippen molar-refractivity contribution in [2.45, 2.75) is 13.8 Å². The van der Waals surface area contributed by atoms with Crippen LogP contribution in [0.15, 0.2) is 66.7 Å². The standard InChI is InChI=1S/C21H19NO/c1-15-12-16(2)14-19(13-15)22-21(23)11-10-18-8-5-7-17-6-3-4-9-20(17)18/h3-14H,1-2H3,(H,22,23). The first-order valence-corrected chi connectivity index (χ1v) is 7.67. The molecule has 3 aromatic carbocycles. The van der Waals surface area contributed by atoms with Gasteiger partial charge in [0.2, 0.25) is 5.91 Å². The van der Waals surface area contributed by atoms with Gasteiger partial charge >= 0.3 is 0 Å². The first kappa shape index (κ1) is 15.0. The zero-order valence-corrected chi connectivity index (χ0v) is 13.3. The Labute approximate surface area is 136 Å². The number of fused-ring (bicyclic) bond motifs is 1. The number of hydrogen-bond donors (Lipinski definition) is 1. The van der Waals surface area contributed by atoms with Crippen molar-refractivity contribution in [3.63, 3.8) is 0 Å². The van der Waals surface area contributed by atoms with E-state index in [1.165, 1.54) is 5.39 Å². The Morgan fingerprint density at radius 1 is 0.913 bits per heavy atom. The van der Waals surface area contributed by atoms with Crippen LogP contribution in [0.1, 0.15) is 16.7 Å². The lowest BCUT2D eigenvalue weighted by Gasteiger charge is -2.05. The zero-order chi connectivity index (χ0) is 16.2. The molecule has 0 spiro atoms. The van der Waals surface area contributed by atoms with Crippen molar-refractivity contribution in [1.82, 2.24) is 0 Å². The lowest BCUT2D eigenvalue weighted by Crippen LogP contribution is -2.08. The topological polar surface area (TPSA) is 29.1 Å². The molecule has 1 amide bonds. The molecule has 0 aliphatic rings. The summed E-state index contributed by atoms with van der Waals surface area (Å²) in [6, 6.07) is 20.3. The molecular weight excluding hydrogens is 282 g/mol. The van der Waals surface area contributed by atoms with Crippen molar-refractivity contribution in [1.29, 1.82) is 0 Å². The third kappa shape index (κ3) is 3.67. The maximum absolute atomic E-state index is 12.1. The average molecular weight is 301 g/mol. The molecule has 1 N–H and O–H groups in total. The Morgan fingerprint density at radius 2 is 1.61 bits per heavy atom. The largest absolute Gasteiger partial charge is 0.322 e. The van der Waals surface area contributed by atoms with Crippen molar-refractivity contribution in [2.75, 3.05) is 5.32 Å². The Hall–Kier alpha value is -2.87. The molecule has 0 atom stereocenters. The summed E-state index contributed by atoms with van der Waals surface area (Å²) in [7, 11) is 0.